The lowest BCUT2D eigenvalue weighted by Crippen LogP contribution is -2.14. The molecule has 1 aromatic carbocycles. The molecule has 96 valence electrons. The van der Waals surface area contributed by atoms with Gasteiger partial charge in [-0.1, -0.05) is 6.92 Å². The highest BCUT2D eigenvalue weighted by Crippen LogP contribution is 2.20. The van der Waals surface area contributed by atoms with Gasteiger partial charge < -0.3 is 10.3 Å². The van der Waals surface area contributed by atoms with Gasteiger partial charge in [-0.15, -0.1) is 0 Å². The first kappa shape index (κ1) is 13.0. The number of H-pyrrole nitrogens is 1. The Hall–Kier alpha value is -1.42. The quantitative estimate of drug-likeness (QED) is 0.809. The first-order valence-electron chi connectivity index (χ1n) is 6.16. The average molecular weight is 262 g/mol. The van der Waals surface area contributed by atoms with Gasteiger partial charge in [0.1, 0.15) is 0 Å². The Morgan fingerprint density at radius 2 is 2.22 bits per heavy atom. The van der Waals surface area contributed by atoms with Gasteiger partial charge in [0, 0.05) is 22.3 Å². The van der Waals surface area contributed by atoms with Crippen LogP contribution >= 0.6 is 11.8 Å². The van der Waals surface area contributed by atoms with Crippen molar-refractivity contribution in [2.75, 3.05) is 16.8 Å². The van der Waals surface area contributed by atoms with Crippen molar-refractivity contribution in [1.82, 2.24) is 4.98 Å². The third-order valence-electron chi connectivity index (χ3n) is 2.62. The van der Waals surface area contributed by atoms with Crippen LogP contribution in [0.25, 0.3) is 10.9 Å². The summed E-state index contributed by atoms with van der Waals surface area (Å²) in [7, 11) is 0. The van der Waals surface area contributed by atoms with Crippen LogP contribution in [0.3, 0.4) is 0 Å². The topological polar surface area (TPSA) is 44.9 Å². The third-order valence-corrected chi connectivity index (χ3v) is 3.78. The predicted molar refractivity (Wildman–Crippen MR) is 79.3 cm³/mol. The maximum atomic E-state index is 11.7. The molecule has 0 aliphatic heterocycles. The Kier molecular flexibility index (Phi) is 4.31. The van der Waals surface area contributed by atoms with E-state index >= 15 is 0 Å². The normalized spacial score (nSPS) is 10.8. The summed E-state index contributed by atoms with van der Waals surface area (Å²) in [5.41, 5.74) is 3.10. The molecule has 3 nitrogen and oxygen atoms in total. The number of nitrogens with one attached hydrogen (secondary N) is 2. The Balaban J connectivity index is 2.00. The molecule has 18 heavy (non-hydrogen) atoms. The van der Waals surface area contributed by atoms with Gasteiger partial charge in [0.25, 0.3) is 0 Å². The summed E-state index contributed by atoms with van der Waals surface area (Å²) < 4.78 is 0. The number of hydrogen-bond acceptors (Lipinski definition) is 2. The molecule has 2 rings (SSSR count). The van der Waals surface area contributed by atoms with E-state index < -0.39 is 0 Å². The van der Waals surface area contributed by atoms with E-state index in [-0.39, 0.29) is 5.91 Å². The second-order valence-electron chi connectivity index (χ2n) is 4.36. The number of rotatable bonds is 5. The lowest BCUT2D eigenvalue weighted by Gasteiger charge is -2.04. The van der Waals surface area contributed by atoms with E-state index in [1.807, 2.05) is 25.1 Å². The minimum absolute atomic E-state index is 0.0695. The number of hydrogen-bond donors (Lipinski definition) is 2. The molecular formula is C14H18N2OS. The SMILES string of the molecule is CCCSCC(=O)Nc1ccc2[nH]c(C)cc2c1. The van der Waals surface area contributed by atoms with E-state index in [0.717, 1.165) is 34.5 Å². The van der Waals surface area contributed by atoms with E-state index in [4.69, 9.17) is 0 Å². The second-order valence-corrected chi connectivity index (χ2v) is 5.46. The van der Waals surface area contributed by atoms with Crippen LogP contribution in [0.4, 0.5) is 5.69 Å². The van der Waals surface area contributed by atoms with Crippen LogP contribution in [-0.2, 0) is 4.79 Å². The van der Waals surface area contributed by atoms with Crippen molar-refractivity contribution in [3.8, 4) is 0 Å². The first-order valence-corrected chi connectivity index (χ1v) is 7.31. The summed E-state index contributed by atoms with van der Waals surface area (Å²) in [5, 5.41) is 4.06. The Morgan fingerprint density at radius 3 is 3.00 bits per heavy atom. The number of carbonyl (C=O) groups is 1. The number of benzene rings is 1. The molecule has 0 bridgehead atoms. The molecule has 4 heteroatoms. The van der Waals surface area contributed by atoms with Crippen molar-refractivity contribution in [3.63, 3.8) is 0 Å². The summed E-state index contributed by atoms with van der Waals surface area (Å²) in [6.45, 7) is 4.15. The second kappa shape index (κ2) is 5.96. The number of aromatic nitrogens is 1. The van der Waals surface area contributed by atoms with E-state index in [0.29, 0.717) is 5.75 Å². The summed E-state index contributed by atoms with van der Waals surface area (Å²) in [6, 6.07) is 8.01. The van der Waals surface area contributed by atoms with Crippen molar-refractivity contribution in [1.29, 1.82) is 0 Å². The van der Waals surface area contributed by atoms with Gasteiger partial charge in [0.05, 0.1) is 5.75 Å². The van der Waals surface area contributed by atoms with Crippen molar-refractivity contribution >= 4 is 34.3 Å². The number of fused-ring (bicyclic) bond motifs is 1. The molecule has 2 aromatic rings. The molecule has 0 atom stereocenters. The Labute approximate surface area is 111 Å². The van der Waals surface area contributed by atoms with Gasteiger partial charge in [0.2, 0.25) is 5.91 Å². The molecule has 0 unspecified atom stereocenters. The molecular weight excluding hydrogens is 244 g/mol. The average Bonchev–Trinajstić information content (AvgIpc) is 2.69. The summed E-state index contributed by atoms with van der Waals surface area (Å²) in [6.07, 6.45) is 1.10. The minimum atomic E-state index is 0.0695. The van der Waals surface area contributed by atoms with E-state index in [1.165, 1.54) is 0 Å². The molecule has 0 fully saturated rings. The monoisotopic (exact) mass is 262 g/mol. The standard InChI is InChI=1S/C14H18N2OS/c1-3-6-18-9-14(17)16-12-4-5-13-11(8-12)7-10(2)15-13/h4-5,7-8,15H,3,6,9H2,1-2H3,(H,16,17). The minimum Gasteiger partial charge on any atom is -0.359 e. The summed E-state index contributed by atoms with van der Waals surface area (Å²) >= 11 is 1.67. The number of carbonyl (C=O) groups excluding carboxylic acids is 1. The molecule has 1 aromatic heterocycles. The van der Waals surface area contributed by atoms with E-state index in [2.05, 4.69) is 23.3 Å². The van der Waals surface area contributed by atoms with Gasteiger partial charge in [-0.3, -0.25) is 4.79 Å². The number of thioether (sulfide) groups is 1. The zero-order valence-corrected chi connectivity index (χ0v) is 11.6. The fraction of sp³-hybridized carbons (Fsp3) is 0.357. The summed E-state index contributed by atoms with van der Waals surface area (Å²) in [5.74, 6) is 1.63. The smallest absolute Gasteiger partial charge is 0.234 e. The molecule has 0 saturated carbocycles. The van der Waals surface area contributed by atoms with Crippen LogP contribution in [0.5, 0.6) is 0 Å². The summed E-state index contributed by atoms with van der Waals surface area (Å²) in [4.78, 5) is 15.0. The zero-order valence-electron chi connectivity index (χ0n) is 10.7. The molecule has 2 N–H and O–H groups in total. The lowest BCUT2D eigenvalue weighted by molar-refractivity contribution is -0.113. The first-order chi connectivity index (χ1) is 8.69. The predicted octanol–water partition coefficient (Wildman–Crippen LogP) is 3.56. The van der Waals surface area contributed by atoms with E-state index in [9.17, 15) is 4.79 Å². The number of anilines is 1. The fourth-order valence-electron chi connectivity index (χ4n) is 1.86. The van der Waals surface area contributed by atoms with Gasteiger partial charge in [-0.25, -0.2) is 0 Å². The number of amides is 1. The largest absolute Gasteiger partial charge is 0.359 e. The van der Waals surface area contributed by atoms with Crippen LogP contribution in [0.2, 0.25) is 0 Å². The molecule has 0 spiro atoms. The fourth-order valence-corrected chi connectivity index (χ4v) is 2.55. The molecule has 1 heterocycles. The van der Waals surface area contributed by atoms with Crippen LogP contribution < -0.4 is 5.32 Å². The zero-order chi connectivity index (χ0) is 13.0. The van der Waals surface area contributed by atoms with Crippen molar-refractivity contribution in [3.05, 3.63) is 30.0 Å². The van der Waals surface area contributed by atoms with Crippen molar-refractivity contribution < 1.29 is 4.79 Å². The highest BCUT2D eigenvalue weighted by molar-refractivity contribution is 7.99. The highest BCUT2D eigenvalue weighted by atomic mass is 32.2. The number of aryl methyl sites for hydroxylation is 1. The molecule has 0 saturated heterocycles. The number of aromatic amines is 1. The maximum absolute atomic E-state index is 11.7. The van der Waals surface area contributed by atoms with Crippen LogP contribution in [-0.4, -0.2) is 22.4 Å². The lowest BCUT2D eigenvalue weighted by atomic mass is 10.2. The van der Waals surface area contributed by atoms with Crippen LogP contribution in [0.1, 0.15) is 19.0 Å². The third kappa shape index (κ3) is 3.29. The Morgan fingerprint density at radius 1 is 1.39 bits per heavy atom. The molecule has 1 amide bonds. The van der Waals surface area contributed by atoms with Crippen molar-refractivity contribution in [2.24, 2.45) is 0 Å². The van der Waals surface area contributed by atoms with Crippen LogP contribution in [0, 0.1) is 6.92 Å². The van der Waals surface area contributed by atoms with Crippen molar-refractivity contribution in [2.45, 2.75) is 20.3 Å². The van der Waals surface area contributed by atoms with Gasteiger partial charge in [0.15, 0.2) is 0 Å². The van der Waals surface area contributed by atoms with Crippen LogP contribution in [0.15, 0.2) is 24.3 Å². The van der Waals surface area contributed by atoms with Gasteiger partial charge in [-0.2, -0.15) is 11.8 Å². The van der Waals surface area contributed by atoms with E-state index in [1.54, 1.807) is 11.8 Å². The van der Waals surface area contributed by atoms with Gasteiger partial charge >= 0.3 is 0 Å². The molecule has 0 aliphatic rings. The Bertz CT molecular complexity index is 548. The maximum Gasteiger partial charge on any atom is 0.234 e. The molecule has 0 aliphatic carbocycles. The van der Waals surface area contributed by atoms with Gasteiger partial charge in [-0.05, 0) is 43.4 Å². The molecule has 0 radical (unpaired) electrons. The highest BCUT2D eigenvalue weighted by Gasteiger charge is 2.04.